The minimum atomic E-state index is -0.167. The summed E-state index contributed by atoms with van der Waals surface area (Å²) in [5.41, 5.74) is 0. The molecular formula is C11H17NO2S. The normalized spacial score (nSPS) is 10.2. The maximum absolute atomic E-state index is 11.2. The van der Waals surface area contributed by atoms with Gasteiger partial charge in [0, 0.05) is 11.4 Å². The van der Waals surface area contributed by atoms with E-state index in [1.165, 1.54) is 4.88 Å². The van der Waals surface area contributed by atoms with E-state index in [1.54, 1.807) is 11.3 Å². The number of thiophene rings is 1. The average molecular weight is 227 g/mol. The molecule has 0 unspecified atom stereocenters. The maximum atomic E-state index is 11.2. The highest BCUT2D eigenvalue weighted by Gasteiger charge is 2.01. The van der Waals surface area contributed by atoms with Gasteiger partial charge in [-0.15, -0.1) is 11.3 Å². The maximum Gasteiger partial charge on any atom is 0.319 e. The fraction of sp³-hybridized carbons (Fsp3) is 0.545. The standard InChI is InChI=1S/C11H17NO2S/c1-2-3-6-14-11(13)9-12-8-10-5-4-7-15-10/h4-5,7,12H,2-3,6,8-9H2,1H3. The van der Waals surface area contributed by atoms with Crippen LogP contribution in [-0.2, 0) is 16.1 Å². The molecule has 0 amide bonds. The molecule has 0 aliphatic heterocycles. The lowest BCUT2D eigenvalue weighted by Gasteiger charge is -2.04. The van der Waals surface area contributed by atoms with Gasteiger partial charge in [0.2, 0.25) is 0 Å². The molecule has 0 aromatic carbocycles. The van der Waals surface area contributed by atoms with Crippen LogP contribution in [-0.4, -0.2) is 19.1 Å². The molecule has 0 saturated carbocycles. The lowest BCUT2D eigenvalue weighted by atomic mass is 10.4. The van der Waals surface area contributed by atoms with Crippen LogP contribution < -0.4 is 5.32 Å². The van der Waals surface area contributed by atoms with E-state index >= 15 is 0 Å². The molecule has 1 rings (SSSR count). The molecule has 0 atom stereocenters. The van der Waals surface area contributed by atoms with Crippen LogP contribution in [0.1, 0.15) is 24.6 Å². The first-order chi connectivity index (χ1) is 7.33. The van der Waals surface area contributed by atoms with Gasteiger partial charge in [0.1, 0.15) is 0 Å². The molecular weight excluding hydrogens is 210 g/mol. The highest BCUT2D eigenvalue weighted by molar-refractivity contribution is 7.09. The van der Waals surface area contributed by atoms with Gasteiger partial charge in [-0.2, -0.15) is 0 Å². The van der Waals surface area contributed by atoms with Gasteiger partial charge in [0.05, 0.1) is 13.2 Å². The zero-order chi connectivity index (χ0) is 10.9. The highest BCUT2D eigenvalue weighted by atomic mass is 32.1. The van der Waals surface area contributed by atoms with Crippen LogP contribution in [0.25, 0.3) is 0 Å². The van der Waals surface area contributed by atoms with Crippen molar-refractivity contribution in [3.8, 4) is 0 Å². The quantitative estimate of drug-likeness (QED) is 0.573. The van der Waals surface area contributed by atoms with Crippen LogP contribution in [0.5, 0.6) is 0 Å². The van der Waals surface area contributed by atoms with Crippen LogP contribution >= 0.6 is 11.3 Å². The molecule has 0 aliphatic rings. The van der Waals surface area contributed by atoms with Crippen LogP contribution in [0.3, 0.4) is 0 Å². The SMILES string of the molecule is CCCCOC(=O)CNCc1cccs1. The molecule has 1 aromatic rings. The first kappa shape index (κ1) is 12.2. The molecule has 1 aromatic heterocycles. The molecule has 0 saturated heterocycles. The first-order valence-corrected chi connectivity index (χ1v) is 6.09. The number of carbonyl (C=O) groups excluding carboxylic acids is 1. The van der Waals surface area contributed by atoms with Gasteiger partial charge in [-0.3, -0.25) is 4.79 Å². The van der Waals surface area contributed by atoms with Crippen LogP contribution in [0.15, 0.2) is 17.5 Å². The van der Waals surface area contributed by atoms with Gasteiger partial charge in [0.25, 0.3) is 0 Å². The summed E-state index contributed by atoms with van der Waals surface area (Å²) in [7, 11) is 0. The molecule has 0 radical (unpaired) electrons. The summed E-state index contributed by atoms with van der Waals surface area (Å²) in [4.78, 5) is 12.4. The minimum Gasteiger partial charge on any atom is -0.465 e. The van der Waals surface area contributed by atoms with Crippen LogP contribution in [0, 0.1) is 0 Å². The molecule has 1 N–H and O–H groups in total. The van der Waals surface area contributed by atoms with E-state index in [4.69, 9.17) is 4.74 Å². The Morgan fingerprint density at radius 2 is 2.47 bits per heavy atom. The van der Waals surface area contributed by atoms with Gasteiger partial charge in [-0.25, -0.2) is 0 Å². The van der Waals surface area contributed by atoms with Gasteiger partial charge in [-0.1, -0.05) is 19.4 Å². The van der Waals surface area contributed by atoms with Gasteiger partial charge >= 0.3 is 5.97 Å². The number of rotatable bonds is 7. The lowest BCUT2D eigenvalue weighted by Crippen LogP contribution is -2.24. The molecule has 3 nitrogen and oxygen atoms in total. The predicted octanol–water partition coefficient (Wildman–Crippen LogP) is 2.18. The largest absolute Gasteiger partial charge is 0.465 e. The van der Waals surface area contributed by atoms with Gasteiger partial charge in [0.15, 0.2) is 0 Å². The number of hydrogen-bond donors (Lipinski definition) is 1. The minimum absolute atomic E-state index is 0.167. The van der Waals surface area contributed by atoms with E-state index in [1.807, 2.05) is 17.5 Å². The van der Waals surface area contributed by atoms with Crippen molar-refractivity contribution < 1.29 is 9.53 Å². The number of unbranched alkanes of at least 4 members (excludes halogenated alkanes) is 1. The third-order valence-corrected chi connectivity index (χ3v) is 2.79. The van der Waals surface area contributed by atoms with Crippen molar-refractivity contribution in [1.82, 2.24) is 5.32 Å². The molecule has 15 heavy (non-hydrogen) atoms. The summed E-state index contributed by atoms with van der Waals surface area (Å²) in [6, 6.07) is 4.04. The number of nitrogens with one attached hydrogen (secondary N) is 1. The summed E-state index contributed by atoms with van der Waals surface area (Å²) >= 11 is 1.68. The third-order valence-electron chi connectivity index (χ3n) is 1.91. The fourth-order valence-corrected chi connectivity index (χ4v) is 1.76. The van der Waals surface area contributed by atoms with E-state index in [2.05, 4.69) is 12.2 Å². The summed E-state index contributed by atoms with van der Waals surface area (Å²) < 4.78 is 5.00. The van der Waals surface area contributed by atoms with E-state index in [0.29, 0.717) is 13.2 Å². The molecule has 0 spiro atoms. The molecule has 0 aliphatic carbocycles. The Hall–Kier alpha value is -0.870. The van der Waals surface area contributed by atoms with Crippen molar-refractivity contribution in [1.29, 1.82) is 0 Å². The predicted molar refractivity (Wildman–Crippen MR) is 61.9 cm³/mol. The van der Waals surface area contributed by atoms with E-state index in [9.17, 15) is 4.79 Å². The monoisotopic (exact) mass is 227 g/mol. The number of ether oxygens (including phenoxy) is 1. The Balaban J connectivity index is 2.02. The number of carbonyl (C=O) groups is 1. The van der Waals surface area contributed by atoms with Crippen molar-refractivity contribution in [3.63, 3.8) is 0 Å². The Labute approximate surface area is 94.5 Å². The summed E-state index contributed by atoms with van der Waals surface area (Å²) in [6.07, 6.45) is 1.99. The van der Waals surface area contributed by atoms with Crippen molar-refractivity contribution in [2.24, 2.45) is 0 Å². The van der Waals surface area contributed by atoms with Crippen molar-refractivity contribution >= 4 is 17.3 Å². The second kappa shape index (κ2) is 7.43. The summed E-state index contributed by atoms with van der Waals surface area (Å²) in [5.74, 6) is -0.167. The Morgan fingerprint density at radius 1 is 1.60 bits per heavy atom. The second-order valence-electron chi connectivity index (χ2n) is 3.26. The smallest absolute Gasteiger partial charge is 0.319 e. The number of esters is 1. The Bertz CT molecular complexity index is 272. The van der Waals surface area contributed by atoms with Gasteiger partial charge in [-0.05, 0) is 17.9 Å². The molecule has 84 valence electrons. The molecule has 4 heteroatoms. The number of hydrogen-bond acceptors (Lipinski definition) is 4. The Kier molecular flexibility index (Phi) is 6.04. The van der Waals surface area contributed by atoms with Crippen molar-refractivity contribution in [2.45, 2.75) is 26.3 Å². The summed E-state index contributed by atoms with van der Waals surface area (Å²) in [5, 5.41) is 5.07. The summed E-state index contributed by atoms with van der Waals surface area (Å²) in [6.45, 7) is 3.64. The topological polar surface area (TPSA) is 38.3 Å². The van der Waals surface area contributed by atoms with E-state index < -0.39 is 0 Å². The molecule has 1 heterocycles. The first-order valence-electron chi connectivity index (χ1n) is 5.21. The highest BCUT2D eigenvalue weighted by Crippen LogP contribution is 2.06. The fourth-order valence-electron chi connectivity index (χ4n) is 1.08. The molecule has 0 bridgehead atoms. The van der Waals surface area contributed by atoms with Crippen molar-refractivity contribution in [2.75, 3.05) is 13.2 Å². The van der Waals surface area contributed by atoms with E-state index in [-0.39, 0.29) is 5.97 Å². The van der Waals surface area contributed by atoms with E-state index in [0.717, 1.165) is 19.4 Å². The zero-order valence-electron chi connectivity index (χ0n) is 8.99. The van der Waals surface area contributed by atoms with Crippen LogP contribution in [0.2, 0.25) is 0 Å². The Morgan fingerprint density at radius 3 is 3.13 bits per heavy atom. The third kappa shape index (κ3) is 5.54. The van der Waals surface area contributed by atoms with Gasteiger partial charge < -0.3 is 10.1 Å². The lowest BCUT2D eigenvalue weighted by molar-refractivity contribution is -0.142. The zero-order valence-corrected chi connectivity index (χ0v) is 9.81. The van der Waals surface area contributed by atoms with Crippen LogP contribution in [0.4, 0.5) is 0 Å². The molecule has 0 fully saturated rings. The second-order valence-corrected chi connectivity index (χ2v) is 4.29. The average Bonchev–Trinajstić information content (AvgIpc) is 2.71. The van der Waals surface area contributed by atoms with Crippen molar-refractivity contribution in [3.05, 3.63) is 22.4 Å².